The smallest absolute Gasteiger partial charge is 0.435 e. The number of hydrogen-bond acceptors (Lipinski definition) is 7. The third kappa shape index (κ3) is 5.59. The molecule has 0 bridgehead atoms. The Balaban J connectivity index is 1.49. The molecule has 1 saturated heterocycles. The molecule has 0 spiro atoms. The van der Waals surface area contributed by atoms with Crippen LogP contribution in [0.4, 0.5) is 24.7 Å². The van der Waals surface area contributed by atoms with E-state index >= 15 is 0 Å². The highest BCUT2D eigenvalue weighted by Crippen LogP contribution is 2.35. The van der Waals surface area contributed by atoms with E-state index in [9.17, 15) is 13.2 Å². The molecule has 1 aliphatic heterocycles. The minimum absolute atomic E-state index is 0.0741. The maximum atomic E-state index is 14.0. The zero-order valence-corrected chi connectivity index (χ0v) is 23.3. The average molecular weight is 606 g/mol. The Labute approximate surface area is 242 Å². The summed E-state index contributed by atoms with van der Waals surface area (Å²) in [6.45, 7) is 2.44. The van der Waals surface area contributed by atoms with E-state index in [1.165, 1.54) is 0 Å². The van der Waals surface area contributed by atoms with Crippen molar-refractivity contribution < 1.29 is 22.6 Å². The molecule has 214 valence electrons. The molecule has 3 aromatic heterocycles. The number of morpholine rings is 1. The van der Waals surface area contributed by atoms with Gasteiger partial charge in [0.15, 0.2) is 17.2 Å². The summed E-state index contributed by atoms with van der Waals surface area (Å²) in [4.78, 5) is 15.9. The van der Waals surface area contributed by atoms with E-state index in [1.54, 1.807) is 25.3 Å². The number of rotatable bonds is 7. The highest BCUT2D eigenvalue weighted by atomic mass is 35.5. The van der Waals surface area contributed by atoms with Gasteiger partial charge in [0.2, 0.25) is 0 Å². The summed E-state index contributed by atoms with van der Waals surface area (Å²) in [6.07, 6.45) is -3.84. The van der Waals surface area contributed by atoms with E-state index in [0.717, 1.165) is 16.3 Å². The zero-order chi connectivity index (χ0) is 28.7. The van der Waals surface area contributed by atoms with E-state index in [4.69, 9.17) is 32.7 Å². The van der Waals surface area contributed by atoms with Crippen LogP contribution in [0.25, 0.3) is 16.7 Å². The third-order valence-corrected chi connectivity index (χ3v) is 7.57. The van der Waals surface area contributed by atoms with E-state index in [2.05, 4.69) is 20.1 Å². The summed E-state index contributed by atoms with van der Waals surface area (Å²) < 4.78 is 53.6. The lowest BCUT2D eigenvalue weighted by Gasteiger charge is -2.30. The van der Waals surface area contributed by atoms with Crippen LogP contribution in [0, 0.1) is 0 Å². The summed E-state index contributed by atoms with van der Waals surface area (Å²) in [5, 5.41) is 5.12. The Bertz CT molecular complexity index is 1660. The van der Waals surface area contributed by atoms with E-state index in [0.29, 0.717) is 77.0 Å². The number of nitrogens with one attached hydrogen (secondary N) is 1. The van der Waals surface area contributed by atoms with Gasteiger partial charge in [0.1, 0.15) is 11.6 Å². The number of imidazole rings is 2. The number of fused-ring (bicyclic) bond motifs is 2. The zero-order valence-electron chi connectivity index (χ0n) is 21.8. The molecule has 1 N–H and O–H groups in total. The number of aromatic nitrogens is 5. The van der Waals surface area contributed by atoms with Crippen LogP contribution in [0.2, 0.25) is 10.0 Å². The van der Waals surface area contributed by atoms with E-state index in [1.807, 2.05) is 34.1 Å². The Morgan fingerprint density at radius 2 is 1.78 bits per heavy atom. The molecule has 0 atom stereocenters. The normalized spacial score (nSPS) is 14.2. The monoisotopic (exact) mass is 605 g/mol. The molecule has 6 rings (SSSR count). The van der Waals surface area contributed by atoms with E-state index in [-0.39, 0.29) is 12.2 Å². The fourth-order valence-electron chi connectivity index (χ4n) is 4.80. The second-order valence-electron chi connectivity index (χ2n) is 9.53. The molecule has 1 aliphatic rings. The largest absolute Gasteiger partial charge is 0.497 e. The van der Waals surface area contributed by atoms with Crippen LogP contribution in [-0.4, -0.2) is 58.0 Å². The van der Waals surface area contributed by atoms with Gasteiger partial charge in [-0.3, -0.25) is 0 Å². The van der Waals surface area contributed by atoms with Gasteiger partial charge in [-0.1, -0.05) is 35.3 Å². The van der Waals surface area contributed by atoms with Crippen LogP contribution in [0.15, 0.2) is 48.7 Å². The molecule has 14 heteroatoms. The predicted octanol–water partition coefficient (Wildman–Crippen LogP) is 5.98. The maximum absolute atomic E-state index is 14.0. The van der Waals surface area contributed by atoms with Crippen molar-refractivity contribution in [3.05, 3.63) is 75.8 Å². The van der Waals surface area contributed by atoms with Crippen LogP contribution in [-0.2, 0) is 24.0 Å². The highest BCUT2D eigenvalue weighted by Gasteiger charge is 2.36. The van der Waals surface area contributed by atoms with Crippen LogP contribution in [0.5, 0.6) is 5.75 Å². The molecule has 0 unspecified atom stereocenters. The number of halogens is 5. The first-order valence-electron chi connectivity index (χ1n) is 12.7. The molecule has 1 fully saturated rings. The summed E-state index contributed by atoms with van der Waals surface area (Å²) >= 11 is 12.4. The third-order valence-electron chi connectivity index (χ3n) is 6.85. The first kappa shape index (κ1) is 27.4. The SMILES string of the molecule is COc1ccc(CN(Cc2nc3cc(Cl)c(Cl)cc3[nH]2)c2cc(N3CCOCC3)nn3c(C(F)(F)F)cnc23)cc1. The molecule has 0 radical (unpaired) electrons. The Morgan fingerprint density at radius 1 is 1.05 bits per heavy atom. The molecule has 9 nitrogen and oxygen atoms in total. The first-order valence-corrected chi connectivity index (χ1v) is 13.5. The highest BCUT2D eigenvalue weighted by molar-refractivity contribution is 6.42. The maximum Gasteiger partial charge on any atom is 0.435 e. The Kier molecular flexibility index (Phi) is 7.30. The fraction of sp³-hybridized carbons (Fsp3) is 0.296. The van der Waals surface area contributed by atoms with Crippen molar-refractivity contribution in [1.29, 1.82) is 0 Å². The Hall–Kier alpha value is -3.74. The average Bonchev–Trinajstić information content (AvgIpc) is 3.57. The van der Waals surface area contributed by atoms with Gasteiger partial charge < -0.3 is 24.3 Å². The number of H-pyrrole nitrogens is 1. The van der Waals surface area contributed by atoms with Gasteiger partial charge in [0.05, 0.1) is 59.8 Å². The van der Waals surface area contributed by atoms with Crippen molar-refractivity contribution in [2.24, 2.45) is 0 Å². The Morgan fingerprint density at radius 3 is 2.49 bits per heavy atom. The standard InChI is InChI=1S/C27H24Cl2F3N7O2/c1-40-17-4-2-16(3-5-17)14-38(15-24-34-20-10-18(28)19(29)11-21(20)35-24)22-12-25(37-6-8-41-9-7-37)36-39-23(27(30,31)32)13-33-26(22)39/h2-5,10-13H,6-9,14-15H2,1H3,(H,34,35). The summed E-state index contributed by atoms with van der Waals surface area (Å²) in [7, 11) is 1.58. The molecule has 0 amide bonds. The number of benzene rings is 2. The second-order valence-corrected chi connectivity index (χ2v) is 10.3. The van der Waals surface area contributed by atoms with Crippen molar-refractivity contribution in [2.75, 3.05) is 43.2 Å². The molecular weight excluding hydrogens is 582 g/mol. The topological polar surface area (TPSA) is 83.8 Å². The van der Waals surface area contributed by atoms with Gasteiger partial charge in [-0.2, -0.15) is 13.2 Å². The molecule has 2 aromatic carbocycles. The minimum atomic E-state index is -4.65. The molecular formula is C27H24Cl2F3N7O2. The van der Waals surface area contributed by atoms with Gasteiger partial charge in [-0.15, -0.1) is 5.10 Å². The van der Waals surface area contributed by atoms with Crippen molar-refractivity contribution in [3.8, 4) is 5.75 Å². The second kappa shape index (κ2) is 10.9. The summed E-state index contributed by atoms with van der Waals surface area (Å²) in [6, 6.07) is 12.6. The van der Waals surface area contributed by atoms with Crippen LogP contribution in [0.1, 0.15) is 17.1 Å². The predicted molar refractivity (Wildman–Crippen MR) is 150 cm³/mol. The fourth-order valence-corrected chi connectivity index (χ4v) is 5.13. The first-order chi connectivity index (χ1) is 19.7. The number of ether oxygens (including phenoxy) is 2. The van der Waals surface area contributed by atoms with Crippen molar-refractivity contribution >= 4 is 51.4 Å². The van der Waals surface area contributed by atoms with Gasteiger partial charge in [0, 0.05) is 25.7 Å². The van der Waals surface area contributed by atoms with Gasteiger partial charge >= 0.3 is 6.18 Å². The lowest BCUT2D eigenvalue weighted by Crippen LogP contribution is -2.37. The number of nitrogens with zero attached hydrogens (tertiary/aromatic N) is 6. The number of hydrogen-bond donors (Lipinski definition) is 1. The minimum Gasteiger partial charge on any atom is -0.497 e. The number of methoxy groups -OCH3 is 1. The van der Waals surface area contributed by atoms with Gasteiger partial charge in [-0.25, -0.2) is 14.5 Å². The molecule has 0 saturated carbocycles. The summed E-state index contributed by atoms with van der Waals surface area (Å²) in [5.41, 5.74) is 1.79. The van der Waals surface area contributed by atoms with Crippen molar-refractivity contribution in [3.63, 3.8) is 0 Å². The number of anilines is 2. The van der Waals surface area contributed by atoms with E-state index < -0.39 is 11.9 Å². The van der Waals surface area contributed by atoms with Gasteiger partial charge in [0.25, 0.3) is 0 Å². The van der Waals surface area contributed by atoms with Crippen LogP contribution >= 0.6 is 23.2 Å². The quantitative estimate of drug-likeness (QED) is 0.244. The molecule has 41 heavy (non-hydrogen) atoms. The molecule has 0 aliphatic carbocycles. The van der Waals surface area contributed by atoms with Crippen LogP contribution in [0.3, 0.4) is 0 Å². The number of aromatic amines is 1. The van der Waals surface area contributed by atoms with Crippen molar-refractivity contribution in [2.45, 2.75) is 19.3 Å². The number of alkyl halides is 3. The summed E-state index contributed by atoms with van der Waals surface area (Å²) in [5.74, 6) is 1.65. The molecule has 5 aromatic rings. The molecule has 4 heterocycles. The van der Waals surface area contributed by atoms with Crippen LogP contribution < -0.4 is 14.5 Å². The lowest BCUT2D eigenvalue weighted by atomic mass is 10.2. The van der Waals surface area contributed by atoms with Crippen molar-refractivity contribution in [1.82, 2.24) is 24.6 Å². The van der Waals surface area contributed by atoms with Gasteiger partial charge in [-0.05, 0) is 29.8 Å². The lowest BCUT2D eigenvalue weighted by molar-refractivity contribution is -0.142.